The second-order valence-electron chi connectivity index (χ2n) is 3.53. The van der Waals surface area contributed by atoms with Gasteiger partial charge in [-0.05, 0) is 12.1 Å². The lowest BCUT2D eigenvalue weighted by Crippen LogP contribution is -2.40. The number of hydrogen-bond acceptors (Lipinski definition) is 3. The summed E-state index contributed by atoms with van der Waals surface area (Å²) in [5, 5.41) is 4.64. The number of rotatable bonds is 1. The van der Waals surface area contributed by atoms with Gasteiger partial charge >= 0.3 is 6.18 Å². The number of nitrogens with zero attached hydrogens (tertiary/aromatic N) is 2. The third-order valence-corrected chi connectivity index (χ3v) is 2.33. The fraction of sp³-hybridized carbons (Fsp3) is 0.300. The van der Waals surface area contributed by atoms with Crippen LogP contribution in [-0.4, -0.2) is 18.1 Å². The number of para-hydroxylation sites is 1. The second-order valence-corrected chi connectivity index (χ2v) is 3.53. The Morgan fingerprint density at radius 1 is 1.25 bits per heavy atom. The molecular weight excluding hydrogens is 219 g/mol. The van der Waals surface area contributed by atoms with Crippen LogP contribution in [-0.2, 0) is 0 Å². The quantitative estimate of drug-likeness (QED) is 0.801. The lowest BCUT2D eigenvalue weighted by atomic mass is 10.2. The predicted molar refractivity (Wildman–Crippen MR) is 55.0 cm³/mol. The average molecular weight is 229 g/mol. The summed E-state index contributed by atoms with van der Waals surface area (Å²) in [5.74, 6) is 0.00572. The summed E-state index contributed by atoms with van der Waals surface area (Å²) in [6.45, 7) is 0. The summed E-state index contributed by atoms with van der Waals surface area (Å²) in [6.07, 6.45) is -4.61. The maximum atomic E-state index is 12.7. The van der Waals surface area contributed by atoms with Crippen LogP contribution in [0.2, 0.25) is 0 Å². The number of halogens is 3. The first-order valence-electron chi connectivity index (χ1n) is 4.72. The van der Waals surface area contributed by atoms with Crippen molar-refractivity contribution in [1.29, 1.82) is 0 Å². The van der Waals surface area contributed by atoms with Crippen LogP contribution in [0.25, 0.3) is 0 Å². The molecule has 0 saturated carbocycles. The molecule has 1 unspecified atom stereocenters. The molecule has 1 aliphatic rings. The minimum absolute atomic E-state index is 0.00572. The van der Waals surface area contributed by atoms with Crippen LogP contribution in [0.15, 0.2) is 35.4 Å². The first-order chi connectivity index (χ1) is 7.48. The number of benzene rings is 1. The molecule has 86 valence electrons. The van der Waals surface area contributed by atoms with Gasteiger partial charge in [0.1, 0.15) is 5.84 Å². The van der Waals surface area contributed by atoms with Crippen molar-refractivity contribution in [2.75, 3.05) is 5.01 Å². The first-order valence-corrected chi connectivity index (χ1v) is 4.72. The molecule has 1 atom stereocenters. The molecule has 1 aliphatic heterocycles. The topological polar surface area (TPSA) is 41.6 Å². The maximum absolute atomic E-state index is 12.7. The Kier molecular flexibility index (Phi) is 2.49. The van der Waals surface area contributed by atoms with Crippen molar-refractivity contribution < 1.29 is 13.2 Å². The third kappa shape index (κ3) is 1.95. The predicted octanol–water partition coefficient (Wildman–Crippen LogP) is 2.10. The van der Waals surface area contributed by atoms with Gasteiger partial charge in [-0.15, -0.1) is 0 Å². The molecule has 1 heterocycles. The van der Waals surface area contributed by atoms with Crippen molar-refractivity contribution in [2.45, 2.75) is 18.6 Å². The van der Waals surface area contributed by atoms with Crippen LogP contribution in [0.3, 0.4) is 0 Å². The van der Waals surface area contributed by atoms with Gasteiger partial charge in [-0.2, -0.15) is 18.3 Å². The molecule has 1 aromatic carbocycles. The Balaban J connectivity index is 2.32. The molecule has 3 nitrogen and oxygen atoms in total. The lowest BCUT2D eigenvalue weighted by Gasteiger charge is -2.25. The van der Waals surface area contributed by atoms with Gasteiger partial charge in [0, 0.05) is 6.42 Å². The Morgan fingerprint density at radius 3 is 2.44 bits per heavy atom. The highest BCUT2D eigenvalue weighted by atomic mass is 19.4. The highest BCUT2D eigenvalue weighted by Gasteiger charge is 2.47. The molecule has 0 fully saturated rings. The zero-order valence-electron chi connectivity index (χ0n) is 8.28. The Labute approximate surface area is 90.3 Å². The van der Waals surface area contributed by atoms with Crippen molar-refractivity contribution in [2.24, 2.45) is 10.8 Å². The monoisotopic (exact) mass is 229 g/mol. The number of anilines is 1. The first kappa shape index (κ1) is 10.8. The Hall–Kier alpha value is -1.72. The lowest BCUT2D eigenvalue weighted by molar-refractivity contribution is -0.145. The van der Waals surface area contributed by atoms with Gasteiger partial charge in [-0.25, -0.2) is 0 Å². The van der Waals surface area contributed by atoms with E-state index in [9.17, 15) is 13.2 Å². The molecule has 2 N–H and O–H groups in total. The van der Waals surface area contributed by atoms with E-state index in [4.69, 9.17) is 5.73 Å². The van der Waals surface area contributed by atoms with Crippen molar-refractivity contribution in [1.82, 2.24) is 0 Å². The zero-order valence-corrected chi connectivity index (χ0v) is 8.28. The van der Waals surface area contributed by atoms with Crippen LogP contribution < -0.4 is 10.7 Å². The largest absolute Gasteiger partial charge is 0.411 e. The number of nitrogens with two attached hydrogens (primary N) is 1. The minimum atomic E-state index is -4.33. The van der Waals surface area contributed by atoms with E-state index in [0.29, 0.717) is 5.69 Å². The summed E-state index contributed by atoms with van der Waals surface area (Å²) in [4.78, 5) is 0. The molecule has 6 heteroatoms. The Bertz CT molecular complexity index is 400. The third-order valence-electron chi connectivity index (χ3n) is 2.33. The number of alkyl halides is 3. The molecule has 2 rings (SSSR count). The fourth-order valence-electron chi connectivity index (χ4n) is 1.61. The van der Waals surface area contributed by atoms with Gasteiger partial charge in [0.15, 0.2) is 6.04 Å². The second kappa shape index (κ2) is 3.70. The Morgan fingerprint density at radius 2 is 1.88 bits per heavy atom. The summed E-state index contributed by atoms with van der Waals surface area (Å²) >= 11 is 0. The molecular formula is C10H10F3N3. The van der Waals surface area contributed by atoms with Crippen molar-refractivity contribution in [3.05, 3.63) is 30.3 Å². The van der Waals surface area contributed by atoms with Crippen LogP contribution in [0.1, 0.15) is 6.42 Å². The number of hydrogen-bond donors (Lipinski definition) is 1. The van der Waals surface area contributed by atoms with Crippen molar-refractivity contribution in [3.63, 3.8) is 0 Å². The molecule has 16 heavy (non-hydrogen) atoms. The number of hydrazone groups is 1. The van der Waals surface area contributed by atoms with Gasteiger partial charge in [0.2, 0.25) is 0 Å². The van der Waals surface area contributed by atoms with E-state index in [-0.39, 0.29) is 12.3 Å². The highest BCUT2D eigenvalue weighted by molar-refractivity contribution is 5.85. The molecule has 0 bridgehead atoms. The van der Waals surface area contributed by atoms with E-state index in [1.807, 2.05) is 0 Å². The van der Waals surface area contributed by atoms with Crippen LogP contribution in [0, 0.1) is 0 Å². The average Bonchev–Trinajstić information content (AvgIpc) is 2.61. The SMILES string of the molecule is NC1=NN(c2ccccc2)C(C(F)(F)F)C1. The van der Waals surface area contributed by atoms with Crippen molar-refractivity contribution in [3.8, 4) is 0 Å². The van der Waals surface area contributed by atoms with E-state index in [1.54, 1.807) is 30.3 Å². The van der Waals surface area contributed by atoms with E-state index < -0.39 is 12.2 Å². The molecule has 0 amide bonds. The summed E-state index contributed by atoms with van der Waals surface area (Å²) in [7, 11) is 0. The summed E-state index contributed by atoms with van der Waals surface area (Å²) in [6, 6.07) is 6.53. The number of amidine groups is 1. The van der Waals surface area contributed by atoms with Gasteiger partial charge in [0.05, 0.1) is 5.69 Å². The van der Waals surface area contributed by atoms with Crippen LogP contribution in [0.4, 0.5) is 18.9 Å². The van der Waals surface area contributed by atoms with Crippen LogP contribution in [0.5, 0.6) is 0 Å². The van der Waals surface area contributed by atoms with Crippen molar-refractivity contribution >= 4 is 11.5 Å². The van der Waals surface area contributed by atoms with E-state index in [2.05, 4.69) is 5.10 Å². The van der Waals surface area contributed by atoms with Gasteiger partial charge in [0.25, 0.3) is 0 Å². The molecule has 0 radical (unpaired) electrons. The fourth-order valence-corrected chi connectivity index (χ4v) is 1.61. The minimum Gasteiger partial charge on any atom is -0.386 e. The zero-order chi connectivity index (χ0) is 11.8. The normalized spacial score (nSPS) is 21.1. The molecule has 0 aromatic heterocycles. The molecule has 0 aliphatic carbocycles. The highest BCUT2D eigenvalue weighted by Crippen LogP contribution is 2.34. The smallest absolute Gasteiger partial charge is 0.386 e. The van der Waals surface area contributed by atoms with Crippen LogP contribution >= 0.6 is 0 Å². The summed E-state index contributed by atoms with van der Waals surface area (Å²) < 4.78 is 38.1. The van der Waals surface area contributed by atoms with Gasteiger partial charge in [-0.1, -0.05) is 18.2 Å². The van der Waals surface area contributed by atoms with E-state index in [1.165, 1.54) is 0 Å². The molecule has 1 aromatic rings. The standard InChI is InChI=1S/C10H10F3N3/c11-10(12,13)8-6-9(14)15-16(8)7-4-2-1-3-5-7/h1-5,8H,6H2,(H2,14,15). The van der Waals surface area contributed by atoms with Gasteiger partial charge < -0.3 is 5.73 Å². The molecule has 0 spiro atoms. The summed E-state index contributed by atoms with van der Waals surface area (Å²) in [5.41, 5.74) is 5.75. The maximum Gasteiger partial charge on any atom is 0.411 e. The van der Waals surface area contributed by atoms with E-state index in [0.717, 1.165) is 5.01 Å². The van der Waals surface area contributed by atoms with E-state index >= 15 is 0 Å². The van der Waals surface area contributed by atoms with Gasteiger partial charge in [-0.3, -0.25) is 5.01 Å². The molecule has 0 saturated heterocycles.